The average Bonchev–Trinajstić information content (AvgIpc) is 2.79. The first-order valence-electron chi connectivity index (χ1n) is 5.21. The van der Waals surface area contributed by atoms with Gasteiger partial charge in [0.15, 0.2) is 0 Å². The van der Waals surface area contributed by atoms with E-state index in [9.17, 15) is 13.2 Å². The van der Waals surface area contributed by atoms with Gasteiger partial charge in [0.1, 0.15) is 0 Å². The fraction of sp³-hybridized carbons (Fsp3) is 0.0833. The molecule has 0 aliphatic heterocycles. The van der Waals surface area contributed by atoms with Crippen LogP contribution in [-0.4, -0.2) is 19.5 Å². The van der Waals surface area contributed by atoms with E-state index in [1.165, 1.54) is 12.2 Å². The summed E-state index contributed by atoms with van der Waals surface area (Å²) in [6, 6.07) is 8.43. The molecule has 0 spiro atoms. The summed E-state index contributed by atoms with van der Waals surface area (Å²) in [7, 11) is -3.71. The van der Waals surface area contributed by atoms with Gasteiger partial charge in [-0.3, -0.25) is 4.72 Å². The second-order valence-corrected chi connectivity index (χ2v) is 5.44. The zero-order valence-electron chi connectivity index (χ0n) is 9.33. The summed E-state index contributed by atoms with van der Waals surface area (Å²) >= 11 is 0. The SMILES string of the molecule is O=C(O)C1=CC(S(=O)(=O)Nc2ccccc2)=CC1. The standard InChI is InChI=1S/C12H11NO4S/c14-12(15)9-6-7-11(8-9)18(16,17)13-10-4-2-1-3-5-10/h1-5,7-8,13H,6H2,(H,14,15). The number of sulfonamides is 1. The number of carbonyl (C=O) groups is 1. The minimum atomic E-state index is -3.71. The Hall–Kier alpha value is -2.08. The second kappa shape index (κ2) is 4.66. The fourth-order valence-electron chi connectivity index (χ4n) is 1.56. The Morgan fingerprint density at radius 3 is 2.44 bits per heavy atom. The summed E-state index contributed by atoms with van der Waals surface area (Å²) < 4.78 is 26.3. The number of allylic oxidation sites excluding steroid dienone is 2. The van der Waals surface area contributed by atoms with Gasteiger partial charge in [0, 0.05) is 11.3 Å². The molecule has 0 bridgehead atoms. The number of rotatable bonds is 4. The molecule has 2 N–H and O–H groups in total. The van der Waals surface area contributed by atoms with Crippen molar-refractivity contribution in [2.75, 3.05) is 4.72 Å². The molecule has 18 heavy (non-hydrogen) atoms. The van der Waals surface area contributed by atoms with E-state index in [0.29, 0.717) is 5.69 Å². The highest BCUT2D eigenvalue weighted by molar-refractivity contribution is 7.96. The van der Waals surface area contributed by atoms with Crippen LogP contribution in [0, 0.1) is 0 Å². The second-order valence-electron chi connectivity index (χ2n) is 3.76. The molecule has 0 saturated heterocycles. The molecule has 0 unspecified atom stereocenters. The molecule has 2 rings (SSSR count). The van der Waals surface area contributed by atoms with Crippen LogP contribution in [0.15, 0.2) is 53.0 Å². The zero-order chi connectivity index (χ0) is 13.2. The van der Waals surface area contributed by atoms with Crippen molar-refractivity contribution in [2.24, 2.45) is 0 Å². The predicted molar refractivity (Wildman–Crippen MR) is 67.4 cm³/mol. The molecule has 5 nitrogen and oxygen atoms in total. The van der Waals surface area contributed by atoms with Gasteiger partial charge in [0.2, 0.25) is 0 Å². The maximum absolute atomic E-state index is 12.0. The van der Waals surface area contributed by atoms with E-state index in [-0.39, 0.29) is 16.9 Å². The summed E-state index contributed by atoms with van der Waals surface area (Å²) in [6.45, 7) is 0. The fourth-order valence-corrected chi connectivity index (χ4v) is 2.72. The number of anilines is 1. The molecule has 94 valence electrons. The normalized spacial score (nSPS) is 14.9. The highest BCUT2D eigenvalue weighted by Gasteiger charge is 2.22. The van der Waals surface area contributed by atoms with Crippen LogP contribution in [0.25, 0.3) is 0 Å². The van der Waals surface area contributed by atoms with Gasteiger partial charge in [-0.1, -0.05) is 24.3 Å². The third-order valence-electron chi connectivity index (χ3n) is 2.45. The van der Waals surface area contributed by atoms with Gasteiger partial charge in [-0.25, -0.2) is 13.2 Å². The molecule has 1 aromatic carbocycles. The molecule has 1 aliphatic carbocycles. The first-order valence-corrected chi connectivity index (χ1v) is 6.69. The topological polar surface area (TPSA) is 83.5 Å². The maximum Gasteiger partial charge on any atom is 0.331 e. The quantitative estimate of drug-likeness (QED) is 0.868. The Morgan fingerprint density at radius 1 is 1.22 bits per heavy atom. The van der Waals surface area contributed by atoms with Crippen molar-refractivity contribution in [3.8, 4) is 0 Å². The summed E-state index contributed by atoms with van der Waals surface area (Å²) in [5.41, 5.74) is 0.513. The van der Waals surface area contributed by atoms with E-state index in [1.807, 2.05) is 0 Å². The average molecular weight is 265 g/mol. The van der Waals surface area contributed by atoms with Crippen LogP contribution in [0.3, 0.4) is 0 Å². The Labute approximate surface area is 105 Å². The van der Waals surface area contributed by atoms with Crippen molar-refractivity contribution in [1.82, 2.24) is 0 Å². The maximum atomic E-state index is 12.0. The number of carboxylic acids is 1. The third-order valence-corrected chi connectivity index (χ3v) is 3.86. The lowest BCUT2D eigenvalue weighted by atomic mass is 10.2. The van der Waals surface area contributed by atoms with Crippen molar-refractivity contribution in [2.45, 2.75) is 6.42 Å². The van der Waals surface area contributed by atoms with Crippen molar-refractivity contribution in [3.05, 3.63) is 53.0 Å². The highest BCUT2D eigenvalue weighted by Crippen LogP contribution is 2.23. The lowest BCUT2D eigenvalue weighted by Gasteiger charge is -2.06. The van der Waals surface area contributed by atoms with Crippen LogP contribution >= 0.6 is 0 Å². The highest BCUT2D eigenvalue weighted by atomic mass is 32.2. The summed E-state index contributed by atoms with van der Waals surface area (Å²) in [5.74, 6) is -1.10. The first-order chi connectivity index (χ1) is 8.49. The summed E-state index contributed by atoms with van der Waals surface area (Å²) in [5, 5.41) is 8.77. The number of hydrogen-bond acceptors (Lipinski definition) is 3. The van der Waals surface area contributed by atoms with Crippen molar-refractivity contribution >= 4 is 21.7 Å². The van der Waals surface area contributed by atoms with Crippen LogP contribution in [0.5, 0.6) is 0 Å². The van der Waals surface area contributed by atoms with E-state index in [4.69, 9.17) is 5.11 Å². The molecule has 0 fully saturated rings. The van der Waals surface area contributed by atoms with Gasteiger partial charge in [0.25, 0.3) is 10.0 Å². The van der Waals surface area contributed by atoms with Gasteiger partial charge in [-0.15, -0.1) is 0 Å². The number of carboxylic acid groups (broad SMARTS) is 1. The van der Waals surface area contributed by atoms with E-state index in [2.05, 4.69) is 4.72 Å². The zero-order valence-corrected chi connectivity index (χ0v) is 10.1. The van der Waals surface area contributed by atoms with Crippen LogP contribution in [0.2, 0.25) is 0 Å². The third kappa shape index (κ3) is 2.60. The molecule has 0 heterocycles. The molecule has 1 aliphatic rings. The smallest absolute Gasteiger partial charge is 0.331 e. The van der Waals surface area contributed by atoms with E-state index < -0.39 is 16.0 Å². The van der Waals surface area contributed by atoms with Crippen molar-refractivity contribution < 1.29 is 18.3 Å². The predicted octanol–water partition coefficient (Wildman–Crippen LogP) is 1.73. The molecule has 0 amide bonds. The molecule has 0 saturated carbocycles. The van der Waals surface area contributed by atoms with Crippen LogP contribution < -0.4 is 4.72 Å². The molecule has 0 aromatic heterocycles. The van der Waals surface area contributed by atoms with Gasteiger partial charge < -0.3 is 5.11 Å². The minimum absolute atomic E-state index is 0.0104. The lowest BCUT2D eigenvalue weighted by molar-refractivity contribution is -0.132. The number of nitrogens with one attached hydrogen (secondary N) is 1. The minimum Gasteiger partial charge on any atom is -0.478 e. The largest absolute Gasteiger partial charge is 0.478 e. The monoisotopic (exact) mass is 265 g/mol. The molecule has 0 radical (unpaired) electrons. The Morgan fingerprint density at radius 2 is 1.89 bits per heavy atom. The van der Waals surface area contributed by atoms with E-state index in [1.54, 1.807) is 30.3 Å². The van der Waals surface area contributed by atoms with Gasteiger partial charge in [0.05, 0.1) is 4.91 Å². The van der Waals surface area contributed by atoms with E-state index >= 15 is 0 Å². The van der Waals surface area contributed by atoms with Crippen LogP contribution in [0.4, 0.5) is 5.69 Å². The van der Waals surface area contributed by atoms with Crippen molar-refractivity contribution in [1.29, 1.82) is 0 Å². The molecule has 1 aromatic rings. The molecule has 0 atom stereocenters. The molecular weight excluding hydrogens is 254 g/mol. The van der Waals surface area contributed by atoms with Gasteiger partial charge in [-0.05, 0) is 24.6 Å². The number of hydrogen-bond donors (Lipinski definition) is 2. The summed E-state index contributed by atoms with van der Waals surface area (Å²) in [6.07, 6.45) is 2.68. The first kappa shape index (κ1) is 12.4. The van der Waals surface area contributed by atoms with Gasteiger partial charge in [-0.2, -0.15) is 0 Å². The van der Waals surface area contributed by atoms with Crippen LogP contribution in [0.1, 0.15) is 6.42 Å². The number of para-hydroxylation sites is 1. The van der Waals surface area contributed by atoms with Crippen LogP contribution in [-0.2, 0) is 14.8 Å². The van der Waals surface area contributed by atoms with Gasteiger partial charge >= 0.3 is 5.97 Å². The Bertz CT molecular complexity index is 629. The molecule has 6 heteroatoms. The molecular formula is C12H11NO4S. The Balaban J connectivity index is 2.21. The number of benzene rings is 1. The number of aliphatic carboxylic acids is 1. The lowest BCUT2D eigenvalue weighted by Crippen LogP contribution is -2.13. The van der Waals surface area contributed by atoms with E-state index in [0.717, 1.165) is 0 Å². The van der Waals surface area contributed by atoms with Crippen molar-refractivity contribution in [3.63, 3.8) is 0 Å². The Kier molecular flexibility index (Phi) is 3.20. The summed E-state index contributed by atoms with van der Waals surface area (Å²) in [4.78, 5) is 10.7.